The molecule has 4 heteroatoms. The molecule has 100 valence electrons. The van der Waals surface area contributed by atoms with Gasteiger partial charge in [0.15, 0.2) is 0 Å². The molecule has 0 amide bonds. The SMILES string of the molecule is CC(C)c1ccc(CNCC(N)CC(=O)O)cc1. The third-order valence-corrected chi connectivity index (χ3v) is 2.82. The average Bonchev–Trinajstić information content (AvgIpc) is 2.28. The van der Waals surface area contributed by atoms with Crippen molar-refractivity contribution in [1.82, 2.24) is 5.32 Å². The summed E-state index contributed by atoms with van der Waals surface area (Å²) in [6, 6.07) is 8.09. The highest BCUT2D eigenvalue weighted by Crippen LogP contribution is 2.14. The molecule has 0 radical (unpaired) electrons. The van der Waals surface area contributed by atoms with E-state index in [9.17, 15) is 4.79 Å². The minimum Gasteiger partial charge on any atom is -0.481 e. The molecule has 4 nitrogen and oxygen atoms in total. The van der Waals surface area contributed by atoms with Gasteiger partial charge in [0.2, 0.25) is 0 Å². The Morgan fingerprint density at radius 2 is 1.94 bits per heavy atom. The summed E-state index contributed by atoms with van der Waals surface area (Å²) in [5.41, 5.74) is 8.16. The fourth-order valence-corrected chi connectivity index (χ4v) is 1.72. The van der Waals surface area contributed by atoms with Crippen molar-refractivity contribution in [3.8, 4) is 0 Å². The van der Waals surface area contributed by atoms with Crippen LogP contribution in [0.25, 0.3) is 0 Å². The standard InChI is InChI=1S/C14H22N2O2/c1-10(2)12-5-3-11(4-6-12)8-16-9-13(15)7-14(17)18/h3-6,10,13,16H,7-9,15H2,1-2H3,(H,17,18). The van der Waals surface area contributed by atoms with Gasteiger partial charge >= 0.3 is 5.97 Å². The summed E-state index contributed by atoms with van der Waals surface area (Å²) < 4.78 is 0. The molecule has 1 aromatic carbocycles. The van der Waals surface area contributed by atoms with Gasteiger partial charge in [-0.1, -0.05) is 38.1 Å². The van der Waals surface area contributed by atoms with E-state index in [2.05, 4.69) is 43.4 Å². The third-order valence-electron chi connectivity index (χ3n) is 2.82. The van der Waals surface area contributed by atoms with Gasteiger partial charge in [-0.15, -0.1) is 0 Å². The molecule has 1 rings (SSSR count). The molecule has 1 atom stereocenters. The first kappa shape index (κ1) is 14.7. The van der Waals surface area contributed by atoms with Crippen LogP contribution in [-0.2, 0) is 11.3 Å². The topological polar surface area (TPSA) is 75.3 Å². The van der Waals surface area contributed by atoms with Crippen LogP contribution in [0, 0.1) is 0 Å². The summed E-state index contributed by atoms with van der Waals surface area (Å²) in [5, 5.41) is 11.7. The Hall–Kier alpha value is -1.39. The molecule has 0 aliphatic heterocycles. The molecule has 1 aromatic rings. The van der Waals surface area contributed by atoms with Gasteiger partial charge in [0.1, 0.15) is 0 Å². The summed E-state index contributed by atoms with van der Waals surface area (Å²) in [7, 11) is 0. The van der Waals surface area contributed by atoms with E-state index >= 15 is 0 Å². The summed E-state index contributed by atoms with van der Waals surface area (Å²) >= 11 is 0. The van der Waals surface area contributed by atoms with Crippen LogP contribution in [0.5, 0.6) is 0 Å². The minimum absolute atomic E-state index is 0.000707. The average molecular weight is 250 g/mol. The summed E-state index contributed by atoms with van der Waals surface area (Å²) in [5.74, 6) is -0.318. The number of carboxylic acids is 1. The van der Waals surface area contributed by atoms with Gasteiger partial charge < -0.3 is 16.2 Å². The molecule has 0 fully saturated rings. The number of carbonyl (C=O) groups is 1. The van der Waals surface area contributed by atoms with Crippen molar-refractivity contribution < 1.29 is 9.90 Å². The molecule has 18 heavy (non-hydrogen) atoms. The third kappa shape index (κ3) is 5.29. The lowest BCUT2D eigenvalue weighted by Gasteiger charge is -2.11. The van der Waals surface area contributed by atoms with Crippen molar-refractivity contribution >= 4 is 5.97 Å². The van der Waals surface area contributed by atoms with Crippen LogP contribution in [0.2, 0.25) is 0 Å². The molecule has 1 unspecified atom stereocenters. The molecule has 0 spiro atoms. The molecule has 0 aliphatic rings. The lowest BCUT2D eigenvalue weighted by Crippen LogP contribution is -2.35. The van der Waals surface area contributed by atoms with Crippen molar-refractivity contribution in [3.05, 3.63) is 35.4 Å². The highest BCUT2D eigenvalue weighted by Gasteiger charge is 2.07. The number of hydrogen-bond donors (Lipinski definition) is 3. The van der Waals surface area contributed by atoms with Crippen LogP contribution in [0.15, 0.2) is 24.3 Å². The molecule has 0 aliphatic carbocycles. The zero-order valence-electron chi connectivity index (χ0n) is 11.0. The predicted octanol–water partition coefficient (Wildman–Crippen LogP) is 1.70. The molecule has 0 aromatic heterocycles. The van der Waals surface area contributed by atoms with Gasteiger partial charge in [-0.3, -0.25) is 4.79 Å². The second-order valence-corrected chi connectivity index (χ2v) is 4.89. The van der Waals surface area contributed by atoms with Crippen molar-refractivity contribution in [2.75, 3.05) is 6.54 Å². The number of aliphatic carboxylic acids is 1. The zero-order chi connectivity index (χ0) is 13.5. The number of benzene rings is 1. The number of rotatable bonds is 7. The van der Waals surface area contributed by atoms with Crippen molar-refractivity contribution in [2.24, 2.45) is 5.73 Å². The quantitative estimate of drug-likeness (QED) is 0.688. The van der Waals surface area contributed by atoms with Crippen molar-refractivity contribution in [2.45, 2.75) is 38.8 Å². The first-order chi connectivity index (χ1) is 8.49. The summed E-state index contributed by atoms with van der Waals surface area (Å²) in [4.78, 5) is 10.4. The fourth-order valence-electron chi connectivity index (χ4n) is 1.72. The van der Waals surface area contributed by atoms with E-state index in [0.717, 1.165) is 0 Å². The van der Waals surface area contributed by atoms with E-state index in [1.54, 1.807) is 0 Å². The smallest absolute Gasteiger partial charge is 0.304 e. The van der Waals surface area contributed by atoms with E-state index < -0.39 is 5.97 Å². The van der Waals surface area contributed by atoms with Crippen LogP contribution >= 0.6 is 0 Å². The number of nitrogens with one attached hydrogen (secondary N) is 1. The number of carboxylic acid groups (broad SMARTS) is 1. The van der Waals surface area contributed by atoms with E-state index in [-0.39, 0.29) is 12.5 Å². The monoisotopic (exact) mass is 250 g/mol. The molecule has 0 saturated heterocycles. The maximum Gasteiger partial charge on any atom is 0.304 e. The Labute approximate surface area is 108 Å². The summed E-state index contributed by atoms with van der Waals surface area (Å²) in [6.07, 6.45) is -0.000707. The van der Waals surface area contributed by atoms with Crippen molar-refractivity contribution in [3.63, 3.8) is 0 Å². The second-order valence-electron chi connectivity index (χ2n) is 4.89. The summed E-state index contributed by atoms with van der Waals surface area (Å²) in [6.45, 7) is 5.56. The van der Waals surface area contributed by atoms with Crippen LogP contribution in [0.4, 0.5) is 0 Å². The van der Waals surface area contributed by atoms with Gasteiger partial charge in [-0.2, -0.15) is 0 Å². The first-order valence-corrected chi connectivity index (χ1v) is 6.26. The van der Waals surface area contributed by atoms with E-state index in [4.69, 9.17) is 10.8 Å². The molecule has 0 bridgehead atoms. The van der Waals surface area contributed by atoms with Crippen LogP contribution < -0.4 is 11.1 Å². The van der Waals surface area contributed by atoms with Gasteiger partial charge in [0.25, 0.3) is 0 Å². The van der Waals surface area contributed by atoms with Gasteiger partial charge in [0, 0.05) is 19.1 Å². The Balaban J connectivity index is 2.33. The van der Waals surface area contributed by atoms with Crippen LogP contribution in [0.3, 0.4) is 0 Å². The molecule has 0 saturated carbocycles. The number of nitrogens with two attached hydrogens (primary N) is 1. The Morgan fingerprint density at radius 1 is 1.33 bits per heavy atom. The number of hydrogen-bond acceptors (Lipinski definition) is 3. The highest BCUT2D eigenvalue weighted by molar-refractivity contribution is 5.67. The van der Waals surface area contributed by atoms with E-state index in [1.807, 2.05) is 0 Å². The minimum atomic E-state index is -0.856. The van der Waals surface area contributed by atoms with Crippen LogP contribution in [-0.4, -0.2) is 23.7 Å². The lowest BCUT2D eigenvalue weighted by atomic mass is 10.0. The fraction of sp³-hybridized carbons (Fsp3) is 0.500. The van der Waals surface area contributed by atoms with Gasteiger partial charge in [-0.05, 0) is 17.0 Å². The maximum atomic E-state index is 10.4. The van der Waals surface area contributed by atoms with Gasteiger partial charge in [0.05, 0.1) is 6.42 Å². The molecular weight excluding hydrogens is 228 g/mol. The van der Waals surface area contributed by atoms with E-state index in [0.29, 0.717) is 19.0 Å². The van der Waals surface area contributed by atoms with Gasteiger partial charge in [-0.25, -0.2) is 0 Å². The van der Waals surface area contributed by atoms with Crippen LogP contribution in [0.1, 0.15) is 37.3 Å². The normalized spacial score (nSPS) is 12.7. The van der Waals surface area contributed by atoms with Crippen molar-refractivity contribution in [1.29, 1.82) is 0 Å². The Kier molecular flexibility index (Phi) is 5.82. The Morgan fingerprint density at radius 3 is 2.44 bits per heavy atom. The first-order valence-electron chi connectivity index (χ1n) is 6.26. The molecule has 4 N–H and O–H groups in total. The predicted molar refractivity (Wildman–Crippen MR) is 72.5 cm³/mol. The highest BCUT2D eigenvalue weighted by atomic mass is 16.4. The Bertz CT molecular complexity index is 374. The maximum absolute atomic E-state index is 10.4. The molecular formula is C14H22N2O2. The molecule has 0 heterocycles. The van der Waals surface area contributed by atoms with E-state index in [1.165, 1.54) is 11.1 Å². The second kappa shape index (κ2) is 7.13. The largest absolute Gasteiger partial charge is 0.481 e. The zero-order valence-corrected chi connectivity index (χ0v) is 11.0. The lowest BCUT2D eigenvalue weighted by molar-refractivity contribution is -0.137.